The van der Waals surface area contributed by atoms with Gasteiger partial charge in [-0.2, -0.15) is 0 Å². The zero-order valence-electron chi connectivity index (χ0n) is 15.9. The molecule has 2 aromatic carbocycles. The lowest BCUT2D eigenvalue weighted by Gasteiger charge is -2.22. The van der Waals surface area contributed by atoms with E-state index in [1.807, 2.05) is 43.3 Å². The van der Waals surface area contributed by atoms with Gasteiger partial charge in [-0.3, -0.25) is 9.69 Å². The number of hydrogen-bond donors (Lipinski definition) is 0. The van der Waals surface area contributed by atoms with Gasteiger partial charge in [0, 0.05) is 17.0 Å². The summed E-state index contributed by atoms with van der Waals surface area (Å²) in [5, 5.41) is 2.20. The third kappa shape index (κ3) is 3.52. The second kappa shape index (κ2) is 7.44. The van der Waals surface area contributed by atoms with Gasteiger partial charge in [0.25, 0.3) is 5.91 Å². The second-order valence-corrected chi connectivity index (χ2v) is 8.71. The number of hydrogen-bond acceptors (Lipinski definition) is 5. The standard InChI is InChI=1S/C22H19ClN2O3S/c1-13-9-15(23)11-19-20(13)24-22(29-19)25(12-16-6-4-8-27-16)21(26)18-10-14-5-2-3-7-17(14)28-18/h2-3,5,7,9-11,16H,4,6,8,12H2,1H3. The van der Waals surface area contributed by atoms with Crippen LogP contribution in [0.25, 0.3) is 21.2 Å². The highest BCUT2D eigenvalue weighted by Gasteiger charge is 2.29. The van der Waals surface area contributed by atoms with Crippen LogP contribution in [0.2, 0.25) is 5.02 Å². The Morgan fingerprint density at radius 3 is 2.97 bits per heavy atom. The number of thiazole rings is 1. The predicted octanol–water partition coefficient (Wildman–Crippen LogP) is 5.83. The molecule has 7 heteroatoms. The lowest BCUT2D eigenvalue weighted by Crippen LogP contribution is -2.37. The van der Waals surface area contributed by atoms with Crippen LogP contribution in [-0.4, -0.2) is 30.1 Å². The summed E-state index contributed by atoms with van der Waals surface area (Å²) < 4.78 is 12.6. The highest BCUT2D eigenvalue weighted by molar-refractivity contribution is 7.22. The van der Waals surface area contributed by atoms with Crippen LogP contribution in [-0.2, 0) is 4.74 Å². The average molecular weight is 427 g/mol. The van der Waals surface area contributed by atoms with Gasteiger partial charge in [-0.05, 0) is 49.6 Å². The fraction of sp³-hybridized carbons (Fsp3) is 0.273. The highest BCUT2D eigenvalue weighted by atomic mass is 35.5. The number of amides is 1. The molecule has 0 radical (unpaired) electrons. The maximum atomic E-state index is 13.4. The largest absolute Gasteiger partial charge is 0.451 e. The first kappa shape index (κ1) is 18.6. The van der Waals surface area contributed by atoms with Crippen LogP contribution in [0.5, 0.6) is 0 Å². The van der Waals surface area contributed by atoms with Crippen LogP contribution in [0, 0.1) is 6.92 Å². The van der Waals surface area contributed by atoms with Crippen LogP contribution in [0.1, 0.15) is 29.0 Å². The molecule has 5 rings (SSSR count). The first-order valence-corrected chi connectivity index (χ1v) is 10.8. The normalized spacial score (nSPS) is 16.7. The number of benzene rings is 2. The first-order valence-electron chi connectivity index (χ1n) is 9.57. The molecule has 0 N–H and O–H groups in total. The van der Waals surface area contributed by atoms with Gasteiger partial charge in [-0.15, -0.1) is 0 Å². The van der Waals surface area contributed by atoms with Crippen molar-refractivity contribution in [2.24, 2.45) is 0 Å². The quantitative estimate of drug-likeness (QED) is 0.412. The zero-order valence-corrected chi connectivity index (χ0v) is 17.4. The van der Waals surface area contributed by atoms with Gasteiger partial charge in [-0.1, -0.05) is 41.1 Å². The first-order chi connectivity index (χ1) is 14.1. The smallest absolute Gasteiger partial charge is 0.295 e. The number of aryl methyl sites for hydroxylation is 1. The number of aromatic nitrogens is 1. The lowest BCUT2D eigenvalue weighted by atomic mass is 10.2. The molecule has 1 atom stereocenters. The van der Waals surface area contributed by atoms with E-state index in [9.17, 15) is 4.79 Å². The Labute approximate surface area is 176 Å². The van der Waals surface area contributed by atoms with Crippen LogP contribution < -0.4 is 4.90 Å². The third-order valence-electron chi connectivity index (χ3n) is 5.16. The number of para-hydroxylation sites is 1. The van der Waals surface area contributed by atoms with Crippen LogP contribution in [0.4, 0.5) is 5.13 Å². The molecule has 0 saturated carbocycles. The summed E-state index contributed by atoms with van der Waals surface area (Å²) in [4.78, 5) is 19.9. The molecular formula is C22H19ClN2O3S. The van der Waals surface area contributed by atoms with Crippen molar-refractivity contribution in [2.75, 3.05) is 18.1 Å². The molecule has 1 aliphatic rings. The monoisotopic (exact) mass is 426 g/mol. The molecule has 1 unspecified atom stereocenters. The van der Waals surface area contributed by atoms with Gasteiger partial charge < -0.3 is 9.15 Å². The Bertz CT molecular complexity index is 1180. The number of fused-ring (bicyclic) bond motifs is 2. The zero-order chi connectivity index (χ0) is 20.0. The molecule has 1 saturated heterocycles. The van der Waals surface area contributed by atoms with Crippen molar-refractivity contribution in [3.8, 4) is 0 Å². The second-order valence-electron chi connectivity index (χ2n) is 7.27. The topological polar surface area (TPSA) is 55.6 Å². The van der Waals surface area contributed by atoms with E-state index >= 15 is 0 Å². The van der Waals surface area contributed by atoms with Crippen LogP contribution in [0.3, 0.4) is 0 Å². The van der Waals surface area contributed by atoms with Gasteiger partial charge in [0.1, 0.15) is 5.58 Å². The Morgan fingerprint density at radius 1 is 1.31 bits per heavy atom. The molecule has 1 fully saturated rings. The van der Waals surface area contributed by atoms with E-state index in [0.29, 0.717) is 28.0 Å². The SMILES string of the molecule is Cc1cc(Cl)cc2sc(N(CC3CCCO3)C(=O)c3cc4ccccc4o3)nc12. The number of furan rings is 1. The summed E-state index contributed by atoms with van der Waals surface area (Å²) in [5.41, 5.74) is 2.55. The Hall–Kier alpha value is -2.41. The minimum Gasteiger partial charge on any atom is -0.451 e. The van der Waals surface area contributed by atoms with Crippen molar-refractivity contribution in [1.82, 2.24) is 4.98 Å². The van der Waals surface area contributed by atoms with Gasteiger partial charge in [0.15, 0.2) is 10.9 Å². The van der Waals surface area contributed by atoms with E-state index in [1.165, 1.54) is 11.3 Å². The molecular weight excluding hydrogens is 408 g/mol. The minimum atomic E-state index is -0.209. The van der Waals surface area contributed by atoms with E-state index < -0.39 is 0 Å². The average Bonchev–Trinajstić information content (AvgIpc) is 3.44. The number of carbonyl (C=O) groups excluding carboxylic acids is 1. The molecule has 1 amide bonds. The maximum Gasteiger partial charge on any atom is 0.295 e. The summed E-state index contributed by atoms with van der Waals surface area (Å²) in [7, 11) is 0. The van der Waals surface area contributed by atoms with Crippen molar-refractivity contribution < 1.29 is 13.9 Å². The van der Waals surface area contributed by atoms with E-state index in [1.54, 1.807) is 11.0 Å². The summed E-state index contributed by atoms with van der Waals surface area (Å²) in [6, 6.07) is 13.2. The fourth-order valence-electron chi connectivity index (χ4n) is 3.72. The summed E-state index contributed by atoms with van der Waals surface area (Å²) >= 11 is 7.68. The van der Waals surface area contributed by atoms with Gasteiger partial charge in [0.05, 0.1) is 22.9 Å². The van der Waals surface area contributed by atoms with Crippen molar-refractivity contribution in [2.45, 2.75) is 25.9 Å². The Balaban J connectivity index is 1.57. The Kier molecular flexibility index (Phi) is 4.78. The predicted molar refractivity (Wildman–Crippen MR) is 116 cm³/mol. The Morgan fingerprint density at radius 2 is 2.17 bits per heavy atom. The fourth-order valence-corrected chi connectivity index (χ4v) is 5.15. The molecule has 0 spiro atoms. The van der Waals surface area contributed by atoms with Gasteiger partial charge in [-0.25, -0.2) is 4.98 Å². The summed E-state index contributed by atoms with van der Waals surface area (Å²) in [6.45, 7) is 3.15. The van der Waals surface area contributed by atoms with Crippen molar-refractivity contribution >= 4 is 55.2 Å². The number of ether oxygens (including phenoxy) is 1. The summed E-state index contributed by atoms with van der Waals surface area (Å²) in [5.74, 6) is 0.0951. The summed E-state index contributed by atoms with van der Waals surface area (Å²) in [6.07, 6.45) is 1.94. The number of halogens is 1. The molecule has 0 aliphatic carbocycles. The number of nitrogens with zero attached hydrogens (tertiary/aromatic N) is 2. The van der Waals surface area contributed by atoms with Gasteiger partial charge in [0.2, 0.25) is 0 Å². The van der Waals surface area contributed by atoms with E-state index in [-0.39, 0.29) is 12.0 Å². The molecule has 5 nitrogen and oxygen atoms in total. The highest BCUT2D eigenvalue weighted by Crippen LogP contribution is 2.34. The molecule has 29 heavy (non-hydrogen) atoms. The maximum absolute atomic E-state index is 13.4. The number of anilines is 1. The van der Waals surface area contributed by atoms with Gasteiger partial charge >= 0.3 is 0 Å². The molecule has 2 aromatic heterocycles. The van der Waals surface area contributed by atoms with Crippen LogP contribution in [0.15, 0.2) is 46.9 Å². The number of carbonyl (C=O) groups is 1. The van der Waals surface area contributed by atoms with E-state index in [0.717, 1.165) is 40.6 Å². The number of rotatable bonds is 4. The van der Waals surface area contributed by atoms with Crippen molar-refractivity contribution in [1.29, 1.82) is 0 Å². The van der Waals surface area contributed by atoms with E-state index in [4.69, 9.17) is 25.7 Å². The van der Waals surface area contributed by atoms with Crippen LogP contribution >= 0.6 is 22.9 Å². The van der Waals surface area contributed by atoms with Crippen molar-refractivity contribution in [3.05, 3.63) is 58.8 Å². The molecule has 148 valence electrons. The lowest BCUT2D eigenvalue weighted by molar-refractivity contribution is 0.0896. The molecule has 0 bridgehead atoms. The minimum absolute atomic E-state index is 0.0000236. The molecule has 4 aromatic rings. The third-order valence-corrected chi connectivity index (χ3v) is 6.41. The molecule has 1 aliphatic heterocycles. The molecule has 3 heterocycles. The van der Waals surface area contributed by atoms with E-state index in [2.05, 4.69) is 0 Å². The van der Waals surface area contributed by atoms with Crippen molar-refractivity contribution in [3.63, 3.8) is 0 Å².